The van der Waals surface area contributed by atoms with E-state index in [2.05, 4.69) is 9.71 Å². The molecule has 0 radical (unpaired) electrons. The predicted octanol–water partition coefficient (Wildman–Crippen LogP) is 3.46. The van der Waals surface area contributed by atoms with Crippen LogP contribution in [0.25, 0.3) is 10.9 Å². The van der Waals surface area contributed by atoms with Gasteiger partial charge in [-0.2, -0.15) is 4.31 Å². The summed E-state index contributed by atoms with van der Waals surface area (Å²) >= 11 is 0. The summed E-state index contributed by atoms with van der Waals surface area (Å²) in [7, 11) is -7.41. The zero-order chi connectivity index (χ0) is 22.8. The van der Waals surface area contributed by atoms with E-state index in [1.165, 1.54) is 10.4 Å². The van der Waals surface area contributed by atoms with Crippen LogP contribution in [0.2, 0.25) is 0 Å². The van der Waals surface area contributed by atoms with Crippen molar-refractivity contribution in [3.63, 3.8) is 0 Å². The first-order valence-corrected chi connectivity index (χ1v) is 13.6. The van der Waals surface area contributed by atoms with Gasteiger partial charge >= 0.3 is 0 Å². The van der Waals surface area contributed by atoms with Gasteiger partial charge in [0, 0.05) is 30.7 Å². The molecule has 3 aromatic rings. The van der Waals surface area contributed by atoms with Crippen LogP contribution in [-0.2, 0) is 20.0 Å². The summed E-state index contributed by atoms with van der Waals surface area (Å²) in [6.45, 7) is 2.51. The molecule has 2 aromatic carbocycles. The molecule has 7 nitrogen and oxygen atoms in total. The fourth-order valence-corrected chi connectivity index (χ4v) is 7.10. The van der Waals surface area contributed by atoms with E-state index in [9.17, 15) is 16.8 Å². The van der Waals surface area contributed by atoms with Crippen LogP contribution in [0.3, 0.4) is 0 Å². The number of para-hydroxylation sites is 1. The fourth-order valence-electron chi connectivity index (χ4n) is 4.16. The van der Waals surface area contributed by atoms with Crippen molar-refractivity contribution in [2.45, 2.75) is 48.4 Å². The number of sulfonamides is 2. The minimum Gasteiger partial charge on any atom is -0.255 e. The van der Waals surface area contributed by atoms with Gasteiger partial charge in [0.2, 0.25) is 20.0 Å². The summed E-state index contributed by atoms with van der Waals surface area (Å²) in [5.41, 5.74) is 1.42. The molecule has 1 unspecified atom stereocenters. The third-order valence-corrected chi connectivity index (χ3v) is 9.31. The Labute approximate surface area is 189 Å². The van der Waals surface area contributed by atoms with Crippen molar-refractivity contribution in [3.05, 3.63) is 66.4 Å². The number of hydrogen-bond acceptors (Lipinski definition) is 5. The molecule has 1 N–H and O–H groups in total. The largest absolute Gasteiger partial charge is 0.255 e. The van der Waals surface area contributed by atoms with Gasteiger partial charge in [0.25, 0.3) is 0 Å². The second kappa shape index (κ2) is 9.27. The quantitative estimate of drug-likeness (QED) is 0.567. The van der Waals surface area contributed by atoms with Crippen LogP contribution < -0.4 is 4.72 Å². The summed E-state index contributed by atoms with van der Waals surface area (Å²) in [6, 6.07) is 15.2. The van der Waals surface area contributed by atoms with Crippen LogP contribution in [0.4, 0.5) is 0 Å². The first-order chi connectivity index (χ1) is 15.3. The lowest BCUT2D eigenvalue weighted by Gasteiger charge is -2.34. The average Bonchev–Trinajstić information content (AvgIpc) is 2.79. The summed E-state index contributed by atoms with van der Waals surface area (Å²) in [4.78, 5) is 4.63. The van der Waals surface area contributed by atoms with E-state index in [1.807, 2.05) is 19.1 Å². The molecule has 1 saturated heterocycles. The fraction of sp³-hybridized carbons (Fsp3) is 0.348. The first-order valence-electron chi connectivity index (χ1n) is 10.7. The Morgan fingerprint density at radius 1 is 1.00 bits per heavy atom. The smallest absolute Gasteiger partial charge is 0.243 e. The monoisotopic (exact) mass is 473 g/mol. The van der Waals surface area contributed by atoms with E-state index in [0.717, 1.165) is 23.8 Å². The molecule has 1 aliphatic rings. The molecule has 1 aliphatic heterocycles. The summed E-state index contributed by atoms with van der Waals surface area (Å²) in [6.07, 6.45) is 4.40. The van der Waals surface area contributed by atoms with E-state index in [0.29, 0.717) is 24.9 Å². The lowest BCUT2D eigenvalue weighted by Crippen LogP contribution is -2.45. The van der Waals surface area contributed by atoms with E-state index in [1.54, 1.807) is 42.6 Å². The molecule has 1 aromatic heterocycles. The van der Waals surface area contributed by atoms with E-state index >= 15 is 0 Å². The normalized spacial score (nSPS) is 18.1. The second-order valence-electron chi connectivity index (χ2n) is 8.10. The van der Waals surface area contributed by atoms with Crippen molar-refractivity contribution in [2.75, 3.05) is 13.1 Å². The van der Waals surface area contributed by atoms with Crippen LogP contribution in [0.1, 0.15) is 31.2 Å². The third-order valence-electron chi connectivity index (χ3n) is 5.86. The summed E-state index contributed by atoms with van der Waals surface area (Å²) in [5, 5.41) is 0.748. The minimum atomic E-state index is -3.78. The standard InChI is InChI=1S/C23H27N3O4S2/c1-18-10-12-21(13-11-18)32(29,30)26-17-3-2-8-20(26)14-16-25-31(27,28)22-9-4-6-19-7-5-15-24-23(19)22/h4-7,9-13,15,20,25H,2-3,8,14,16-17H2,1H3. The highest BCUT2D eigenvalue weighted by Crippen LogP contribution is 2.27. The SMILES string of the molecule is Cc1ccc(S(=O)(=O)N2CCCCC2CCNS(=O)(=O)c2cccc3cccnc23)cc1. The molecule has 170 valence electrons. The molecule has 2 heterocycles. The number of aryl methyl sites for hydroxylation is 1. The zero-order valence-corrected chi connectivity index (χ0v) is 19.6. The maximum atomic E-state index is 13.2. The zero-order valence-electron chi connectivity index (χ0n) is 17.9. The van der Waals surface area contributed by atoms with Crippen molar-refractivity contribution in [1.82, 2.24) is 14.0 Å². The topological polar surface area (TPSA) is 96.4 Å². The number of hydrogen-bond donors (Lipinski definition) is 1. The van der Waals surface area contributed by atoms with Crippen LogP contribution in [0.15, 0.2) is 70.6 Å². The molecule has 4 rings (SSSR count). The number of rotatable bonds is 7. The molecule has 9 heteroatoms. The Kier molecular flexibility index (Phi) is 6.62. The van der Waals surface area contributed by atoms with E-state index < -0.39 is 20.0 Å². The molecule has 0 aliphatic carbocycles. The number of pyridine rings is 1. The molecule has 0 spiro atoms. The van der Waals surface area contributed by atoms with Gasteiger partial charge in [0.15, 0.2) is 0 Å². The lowest BCUT2D eigenvalue weighted by atomic mass is 10.0. The molecule has 0 saturated carbocycles. The van der Waals surface area contributed by atoms with Crippen molar-refractivity contribution < 1.29 is 16.8 Å². The Bertz CT molecular complexity index is 1300. The first kappa shape index (κ1) is 22.8. The van der Waals surface area contributed by atoms with Crippen molar-refractivity contribution in [2.24, 2.45) is 0 Å². The highest BCUT2D eigenvalue weighted by atomic mass is 32.2. The van der Waals surface area contributed by atoms with Gasteiger partial charge < -0.3 is 0 Å². The van der Waals surface area contributed by atoms with Crippen LogP contribution >= 0.6 is 0 Å². The number of piperidine rings is 1. The minimum absolute atomic E-state index is 0.128. The van der Waals surface area contributed by atoms with Gasteiger partial charge in [-0.3, -0.25) is 4.98 Å². The number of nitrogens with one attached hydrogen (secondary N) is 1. The summed E-state index contributed by atoms with van der Waals surface area (Å²) < 4.78 is 56.5. The van der Waals surface area contributed by atoms with Gasteiger partial charge in [0.05, 0.1) is 10.4 Å². The van der Waals surface area contributed by atoms with Gasteiger partial charge in [-0.15, -0.1) is 0 Å². The number of nitrogens with zero attached hydrogens (tertiary/aromatic N) is 2. The third kappa shape index (κ3) is 4.71. The summed E-state index contributed by atoms with van der Waals surface area (Å²) in [5.74, 6) is 0. The molecule has 1 fully saturated rings. The maximum absolute atomic E-state index is 13.2. The van der Waals surface area contributed by atoms with Crippen LogP contribution in [0, 0.1) is 6.92 Å². The van der Waals surface area contributed by atoms with Crippen LogP contribution in [0.5, 0.6) is 0 Å². The Morgan fingerprint density at radius 3 is 2.53 bits per heavy atom. The number of aromatic nitrogens is 1. The Balaban J connectivity index is 1.49. The van der Waals surface area contributed by atoms with E-state index in [4.69, 9.17) is 0 Å². The van der Waals surface area contributed by atoms with Crippen molar-refractivity contribution in [1.29, 1.82) is 0 Å². The van der Waals surface area contributed by atoms with Crippen molar-refractivity contribution in [3.8, 4) is 0 Å². The van der Waals surface area contributed by atoms with Crippen LogP contribution in [-0.4, -0.2) is 45.3 Å². The lowest BCUT2D eigenvalue weighted by molar-refractivity contribution is 0.242. The highest BCUT2D eigenvalue weighted by Gasteiger charge is 2.33. The number of fused-ring (bicyclic) bond motifs is 1. The molecule has 1 atom stereocenters. The highest BCUT2D eigenvalue weighted by molar-refractivity contribution is 7.89. The van der Waals surface area contributed by atoms with Gasteiger partial charge in [0.1, 0.15) is 4.90 Å². The van der Waals surface area contributed by atoms with E-state index in [-0.39, 0.29) is 22.4 Å². The Hall–Kier alpha value is -2.33. The predicted molar refractivity (Wildman–Crippen MR) is 124 cm³/mol. The molecule has 0 amide bonds. The second-order valence-corrected chi connectivity index (χ2v) is 11.7. The Morgan fingerprint density at radius 2 is 1.75 bits per heavy atom. The molecular weight excluding hydrogens is 446 g/mol. The molecular formula is C23H27N3O4S2. The maximum Gasteiger partial charge on any atom is 0.243 e. The van der Waals surface area contributed by atoms with Gasteiger partial charge in [-0.25, -0.2) is 21.6 Å². The van der Waals surface area contributed by atoms with Gasteiger partial charge in [-0.1, -0.05) is 42.3 Å². The molecule has 32 heavy (non-hydrogen) atoms. The molecule has 0 bridgehead atoms. The number of benzene rings is 2. The van der Waals surface area contributed by atoms with Crippen molar-refractivity contribution >= 4 is 30.9 Å². The van der Waals surface area contributed by atoms with Gasteiger partial charge in [-0.05, 0) is 50.5 Å². The average molecular weight is 474 g/mol.